The zero-order chi connectivity index (χ0) is 15.4. The maximum absolute atomic E-state index is 12.3. The van der Waals surface area contributed by atoms with E-state index < -0.39 is 0 Å². The normalized spacial score (nSPS) is 10.0. The molecule has 0 atom stereocenters. The number of methoxy groups -OCH3 is 2. The summed E-state index contributed by atoms with van der Waals surface area (Å²) in [5.41, 5.74) is 8.28. The molecule has 2 rings (SSSR count). The van der Waals surface area contributed by atoms with Crippen LogP contribution in [0.2, 0.25) is 0 Å². The Morgan fingerprint density at radius 2 is 1.76 bits per heavy atom. The summed E-state index contributed by atoms with van der Waals surface area (Å²) < 4.78 is 10.4. The number of carbonyl (C=O) groups is 1. The van der Waals surface area contributed by atoms with Crippen LogP contribution in [0, 0.1) is 6.92 Å². The lowest BCUT2D eigenvalue weighted by Gasteiger charge is -2.12. The van der Waals surface area contributed by atoms with Gasteiger partial charge in [0, 0.05) is 11.3 Å². The molecule has 0 heterocycles. The number of nitrogens with one attached hydrogen (secondary N) is 1. The van der Waals surface area contributed by atoms with Gasteiger partial charge in [0.25, 0.3) is 5.91 Å². The van der Waals surface area contributed by atoms with Gasteiger partial charge in [0.05, 0.1) is 19.9 Å². The third-order valence-electron chi connectivity index (χ3n) is 3.14. The first kappa shape index (κ1) is 14.7. The summed E-state index contributed by atoms with van der Waals surface area (Å²) in [4.78, 5) is 12.3. The Labute approximate surface area is 123 Å². The molecule has 0 radical (unpaired) electrons. The fourth-order valence-corrected chi connectivity index (χ4v) is 1.98. The minimum Gasteiger partial charge on any atom is -0.496 e. The van der Waals surface area contributed by atoms with Gasteiger partial charge in [-0.15, -0.1) is 0 Å². The van der Waals surface area contributed by atoms with Crippen LogP contribution in [0.25, 0.3) is 0 Å². The van der Waals surface area contributed by atoms with Crippen LogP contribution in [-0.2, 0) is 0 Å². The molecule has 0 aliphatic heterocycles. The zero-order valence-corrected chi connectivity index (χ0v) is 12.3. The standard InChI is InChI=1S/C16H18N2O3/c1-10-4-5-11(8-15(10)21-3)16(19)18-13-9-12(17)6-7-14(13)20-2/h4-9H,17H2,1-3H3,(H,18,19). The quantitative estimate of drug-likeness (QED) is 0.848. The number of benzene rings is 2. The summed E-state index contributed by atoms with van der Waals surface area (Å²) in [6.45, 7) is 1.92. The molecule has 3 N–H and O–H groups in total. The molecule has 0 fully saturated rings. The highest BCUT2D eigenvalue weighted by molar-refractivity contribution is 6.05. The minimum atomic E-state index is -0.253. The van der Waals surface area contributed by atoms with Crippen LogP contribution in [0.5, 0.6) is 11.5 Å². The Kier molecular flexibility index (Phi) is 4.33. The molecule has 0 aliphatic carbocycles. The molecule has 2 aromatic rings. The van der Waals surface area contributed by atoms with E-state index in [-0.39, 0.29) is 5.91 Å². The topological polar surface area (TPSA) is 73.6 Å². The summed E-state index contributed by atoms with van der Waals surface area (Å²) in [5.74, 6) is 0.969. The van der Waals surface area contributed by atoms with E-state index >= 15 is 0 Å². The maximum atomic E-state index is 12.3. The van der Waals surface area contributed by atoms with Crippen LogP contribution in [0.3, 0.4) is 0 Å². The van der Waals surface area contributed by atoms with Crippen LogP contribution in [0.15, 0.2) is 36.4 Å². The number of amides is 1. The molecule has 21 heavy (non-hydrogen) atoms. The largest absolute Gasteiger partial charge is 0.496 e. The molecule has 0 bridgehead atoms. The van der Waals surface area contributed by atoms with Crippen LogP contribution < -0.4 is 20.5 Å². The number of aryl methyl sites for hydroxylation is 1. The number of anilines is 2. The SMILES string of the molecule is COc1cc(C(=O)Nc2cc(N)ccc2OC)ccc1C. The Bertz CT molecular complexity index is 669. The van der Waals surface area contributed by atoms with Crippen molar-refractivity contribution in [3.05, 3.63) is 47.5 Å². The number of nitrogen functional groups attached to an aromatic ring is 1. The highest BCUT2D eigenvalue weighted by Crippen LogP contribution is 2.27. The molecule has 2 aromatic carbocycles. The molecule has 0 aromatic heterocycles. The Balaban J connectivity index is 2.28. The summed E-state index contributed by atoms with van der Waals surface area (Å²) >= 11 is 0. The fraction of sp³-hybridized carbons (Fsp3) is 0.188. The van der Waals surface area contributed by atoms with Gasteiger partial charge in [0.2, 0.25) is 0 Å². The van der Waals surface area contributed by atoms with E-state index in [1.807, 2.05) is 13.0 Å². The smallest absolute Gasteiger partial charge is 0.255 e. The Morgan fingerprint density at radius 3 is 2.43 bits per heavy atom. The van der Waals surface area contributed by atoms with E-state index in [0.29, 0.717) is 28.4 Å². The molecular weight excluding hydrogens is 268 g/mol. The average molecular weight is 286 g/mol. The van der Waals surface area contributed by atoms with Gasteiger partial charge < -0.3 is 20.5 Å². The second-order valence-electron chi connectivity index (χ2n) is 4.60. The van der Waals surface area contributed by atoms with Crippen molar-refractivity contribution >= 4 is 17.3 Å². The fourth-order valence-electron chi connectivity index (χ4n) is 1.98. The molecule has 0 saturated carbocycles. The zero-order valence-electron chi connectivity index (χ0n) is 12.3. The molecule has 0 aliphatic rings. The summed E-state index contributed by atoms with van der Waals surface area (Å²) in [6.07, 6.45) is 0. The third-order valence-corrected chi connectivity index (χ3v) is 3.14. The monoisotopic (exact) mass is 286 g/mol. The van der Waals surface area contributed by atoms with Crippen LogP contribution in [-0.4, -0.2) is 20.1 Å². The lowest BCUT2D eigenvalue weighted by molar-refractivity contribution is 0.102. The summed E-state index contributed by atoms with van der Waals surface area (Å²) in [7, 11) is 3.11. The van der Waals surface area contributed by atoms with Gasteiger partial charge in [-0.3, -0.25) is 4.79 Å². The number of hydrogen-bond acceptors (Lipinski definition) is 4. The van der Waals surface area contributed by atoms with E-state index in [0.717, 1.165) is 5.56 Å². The second-order valence-corrected chi connectivity index (χ2v) is 4.60. The van der Waals surface area contributed by atoms with Crippen molar-refractivity contribution in [3.8, 4) is 11.5 Å². The highest BCUT2D eigenvalue weighted by Gasteiger charge is 2.12. The highest BCUT2D eigenvalue weighted by atomic mass is 16.5. The molecule has 1 amide bonds. The van der Waals surface area contributed by atoms with Crippen molar-refractivity contribution in [2.45, 2.75) is 6.92 Å². The second kappa shape index (κ2) is 6.17. The van der Waals surface area contributed by atoms with Crippen LogP contribution in [0.1, 0.15) is 15.9 Å². The van der Waals surface area contributed by atoms with Gasteiger partial charge in [-0.1, -0.05) is 6.07 Å². The maximum Gasteiger partial charge on any atom is 0.255 e. The number of hydrogen-bond donors (Lipinski definition) is 2. The van der Waals surface area contributed by atoms with Crippen molar-refractivity contribution in [2.75, 3.05) is 25.3 Å². The van der Waals surface area contributed by atoms with Gasteiger partial charge in [0.15, 0.2) is 0 Å². The lowest BCUT2D eigenvalue weighted by atomic mass is 10.1. The first-order chi connectivity index (χ1) is 10.0. The first-order valence-corrected chi connectivity index (χ1v) is 6.44. The van der Waals surface area contributed by atoms with E-state index in [9.17, 15) is 4.79 Å². The first-order valence-electron chi connectivity index (χ1n) is 6.44. The van der Waals surface area contributed by atoms with Crippen LogP contribution in [0.4, 0.5) is 11.4 Å². The molecule has 0 spiro atoms. The van der Waals surface area contributed by atoms with Gasteiger partial charge >= 0.3 is 0 Å². The Morgan fingerprint density at radius 1 is 1.05 bits per heavy atom. The van der Waals surface area contributed by atoms with Crippen molar-refractivity contribution in [3.63, 3.8) is 0 Å². The number of carbonyl (C=O) groups excluding carboxylic acids is 1. The average Bonchev–Trinajstić information content (AvgIpc) is 2.48. The molecule has 0 saturated heterocycles. The van der Waals surface area contributed by atoms with E-state index in [1.54, 1.807) is 37.4 Å². The van der Waals surface area contributed by atoms with E-state index in [1.165, 1.54) is 7.11 Å². The Hall–Kier alpha value is -2.69. The molecular formula is C16H18N2O3. The van der Waals surface area contributed by atoms with Crippen molar-refractivity contribution < 1.29 is 14.3 Å². The van der Waals surface area contributed by atoms with E-state index in [4.69, 9.17) is 15.2 Å². The molecule has 110 valence electrons. The van der Waals surface area contributed by atoms with Crippen molar-refractivity contribution in [1.82, 2.24) is 0 Å². The van der Waals surface area contributed by atoms with Crippen LogP contribution >= 0.6 is 0 Å². The van der Waals surface area contributed by atoms with Gasteiger partial charge in [-0.2, -0.15) is 0 Å². The summed E-state index contributed by atoms with van der Waals surface area (Å²) in [6, 6.07) is 10.4. The molecule has 0 unspecified atom stereocenters. The molecule has 5 nitrogen and oxygen atoms in total. The van der Waals surface area contributed by atoms with E-state index in [2.05, 4.69) is 5.32 Å². The van der Waals surface area contributed by atoms with Gasteiger partial charge in [-0.05, 0) is 42.8 Å². The molecule has 5 heteroatoms. The summed E-state index contributed by atoms with van der Waals surface area (Å²) in [5, 5.41) is 2.79. The predicted octanol–water partition coefficient (Wildman–Crippen LogP) is 2.85. The predicted molar refractivity (Wildman–Crippen MR) is 83.1 cm³/mol. The number of nitrogens with two attached hydrogens (primary N) is 1. The van der Waals surface area contributed by atoms with Gasteiger partial charge in [0.1, 0.15) is 11.5 Å². The number of rotatable bonds is 4. The third kappa shape index (κ3) is 3.25. The van der Waals surface area contributed by atoms with Crippen molar-refractivity contribution in [1.29, 1.82) is 0 Å². The van der Waals surface area contributed by atoms with Crippen molar-refractivity contribution in [2.24, 2.45) is 0 Å². The van der Waals surface area contributed by atoms with Gasteiger partial charge in [-0.25, -0.2) is 0 Å². The lowest BCUT2D eigenvalue weighted by Crippen LogP contribution is -2.13. The number of ether oxygens (including phenoxy) is 2. The minimum absolute atomic E-state index is 0.253.